The van der Waals surface area contributed by atoms with Crippen LogP contribution in [0.4, 0.5) is 0 Å². The quantitative estimate of drug-likeness (QED) is 0.900. The number of hydrogen-bond acceptors (Lipinski definition) is 4. The largest absolute Gasteiger partial charge is 0.345 e. The van der Waals surface area contributed by atoms with Crippen molar-refractivity contribution in [3.05, 3.63) is 59.9 Å². The van der Waals surface area contributed by atoms with Gasteiger partial charge in [0.1, 0.15) is 0 Å². The predicted octanol–water partition coefficient (Wildman–Crippen LogP) is 1.26. The molecule has 0 spiro atoms. The number of nitrogens with zero attached hydrogens (tertiary/aromatic N) is 2. The van der Waals surface area contributed by atoms with Crippen LogP contribution < -0.4 is 4.72 Å². The molecule has 6 nitrogen and oxygen atoms in total. The molecule has 7 heteroatoms. The molecular formula is C15H17N3O3S. The van der Waals surface area contributed by atoms with E-state index in [-0.39, 0.29) is 17.3 Å². The minimum atomic E-state index is -3.70. The Labute approximate surface area is 129 Å². The average Bonchev–Trinajstić information content (AvgIpc) is 2.53. The number of carbonyl (C=O) groups is 1. The van der Waals surface area contributed by atoms with E-state index in [1.807, 2.05) is 0 Å². The molecule has 1 aromatic carbocycles. The maximum absolute atomic E-state index is 12.3. The molecule has 1 amide bonds. The Bertz CT molecular complexity index is 759. The zero-order valence-corrected chi connectivity index (χ0v) is 13.2. The van der Waals surface area contributed by atoms with Crippen LogP contribution in [0.25, 0.3) is 0 Å². The number of hydrogen-bond donors (Lipinski definition) is 1. The first-order valence-corrected chi connectivity index (χ1v) is 8.10. The number of nitrogens with one attached hydrogen (secondary N) is 1. The second kappa shape index (κ2) is 6.67. The summed E-state index contributed by atoms with van der Waals surface area (Å²) in [4.78, 5) is 17.4. The van der Waals surface area contributed by atoms with Crippen LogP contribution in [0.1, 0.15) is 16.1 Å². The van der Waals surface area contributed by atoms with E-state index in [9.17, 15) is 13.2 Å². The predicted molar refractivity (Wildman–Crippen MR) is 82.7 cm³/mol. The summed E-state index contributed by atoms with van der Waals surface area (Å²) in [6, 6.07) is 11.2. The highest BCUT2D eigenvalue weighted by atomic mass is 32.2. The van der Waals surface area contributed by atoms with Crippen LogP contribution in [0.5, 0.6) is 0 Å². The second-order valence-electron chi connectivity index (χ2n) is 4.87. The van der Waals surface area contributed by atoms with Crippen LogP contribution >= 0.6 is 0 Å². The summed E-state index contributed by atoms with van der Waals surface area (Å²) in [5.74, 6) is -0.248. The van der Waals surface area contributed by atoms with Crippen molar-refractivity contribution in [3.8, 4) is 0 Å². The van der Waals surface area contributed by atoms with Crippen molar-refractivity contribution in [2.45, 2.75) is 11.4 Å². The van der Waals surface area contributed by atoms with E-state index < -0.39 is 10.0 Å². The third-order valence-electron chi connectivity index (χ3n) is 2.97. The lowest BCUT2D eigenvalue weighted by atomic mass is 10.2. The van der Waals surface area contributed by atoms with Crippen LogP contribution in [0.2, 0.25) is 0 Å². The second-order valence-corrected chi connectivity index (χ2v) is 6.64. The number of aromatic nitrogens is 1. The Morgan fingerprint density at radius 3 is 2.59 bits per heavy atom. The fraction of sp³-hybridized carbons (Fsp3) is 0.200. The minimum absolute atomic E-state index is 0.0520. The van der Waals surface area contributed by atoms with Gasteiger partial charge in [-0.2, -0.15) is 0 Å². The van der Waals surface area contributed by atoms with E-state index in [1.54, 1.807) is 50.6 Å². The summed E-state index contributed by atoms with van der Waals surface area (Å²) in [5, 5.41) is 0. The molecule has 0 aliphatic heterocycles. The molecule has 1 aromatic heterocycles. The Morgan fingerprint density at radius 1 is 1.18 bits per heavy atom. The summed E-state index contributed by atoms with van der Waals surface area (Å²) in [6.45, 7) is 0.0923. The number of carbonyl (C=O) groups excluding carboxylic acids is 1. The summed E-state index contributed by atoms with van der Waals surface area (Å²) < 4.78 is 27.0. The van der Waals surface area contributed by atoms with Gasteiger partial charge in [0.25, 0.3) is 5.91 Å². The molecule has 0 bridgehead atoms. The summed E-state index contributed by atoms with van der Waals surface area (Å²) in [6.07, 6.45) is 1.60. The van der Waals surface area contributed by atoms with E-state index in [1.165, 1.54) is 17.0 Å². The van der Waals surface area contributed by atoms with E-state index >= 15 is 0 Å². The zero-order chi connectivity index (χ0) is 16.2. The Kier molecular flexibility index (Phi) is 4.89. The standard InChI is InChI=1S/C15H17N3O3S/c1-18(2)15(19)12-6-5-8-14(10-12)22(20,21)17-11-13-7-3-4-9-16-13/h3-10,17H,11H2,1-2H3. The lowest BCUT2D eigenvalue weighted by molar-refractivity contribution is 0.0827. The highest BCUT2D eigenvalue weighted by molar-refractivity contribution is 7.89. The van der Waals surface area contributed by atoms with Crippen LogP contribution in [0.15, 0.2) is 53.6 Å². The molecule has 116 valence electrons. The first-order chi connectivity index (χ1) is 10.4. The minimum Gasteiger partial charge on any atom is -0.345 e. The van der Waals surface area contributed by atoms with Crippen molar-refractivity contribution >= 4 is 15.9 Å². The third-order valence-corrected chi connectivity index (χ3v) is 4.37. The lowest BCUT2D eigenvalue weighted by Gasteiger charge is -2.11. The van der Waals surface area contributed by atoms with Gasteiger partial charge >= 0.3 is 0 Å². The van der Waals surface area contributed by atoms with Crippen molar-refractivity contribution in [1.82, 2.24) is 14.6 Å². The van der Waals surface area contributed by atoms with Crippen molar-refractivity contribution in [2.24, 2.45) is 0 Å². The van der Waals surface area contributed by atoms with Gasteiger partial charge in [-0.15, -0.1) is 0 Å². The number of rotatable bonds is 5. The van der Waals surface area contributed by atoms with Gasteiger partial charge in [0.2, 0.25) is 10.0 Å². The zero-order valence-electron chi connectivity index (χ0n) is 12.4. The average molecular weight is 319 g/mol. The van der Waals surface area contributed by atoms with Crippen molar-refractivity contribution < 1.29 is 13.2 Å². The molecule has 2 aromatic rings. The highest BCUT2D eigenvalue weighted by Gasteiger charge is 2.17. The molecule has 1 heterocycles. The van der Waals surface area contributed by atoms with Gasteiger partial charge in [-0.1, -0.05) is 12.1 Å². The third kappa shape index (κ3) is 3.90. The van der Waals surface area contributed by atoms with E-state index in [0.29, 0.717) is 11.3 Å². The highest BCUT2D eigenvalue weighted by Crippen LogP contribution is 2.13. The summed E-state index contributed by atoms with van der Waals surface area (Å²) >= 11 is 0. The number of pyridine rings is 1. The first-order valence-electron chi connectivity index (χ1n) is 6.61. The van der Waals surface area contributed by atoms with Crippen molar-refractivity contribution in [1.29, 1.82) is 0 Å². The van der Waals surface area contributed by atoms with Crippen LogP contribution in [0.3, 0.4) is 0 Å². The molecular weight excluding hydrogens is 302 g/mol. The molecule has 0 atom stereocenters. The van der Waals surface area contributed by atoms with Gasteiger partial charge in [-0.05, 0) is 30.3 Å². The van der Waals surface area contributed by atoms with Crippen LogP contribution in [-0.2, 0) is 16.6 Å². The Hall–Kier alpha value is -2.25. The number of sulfonamides is 1. The van der Waals surface area contributed by atoms with Crippen molar-refractivity contribution in [3.63, 3.8) is 0 Å². The van der Waals surface area contributed by atoms with E-state index in [2.05, 4.69) is 9.71 Å². The summed E-state index contributed by atoms with van der Waals surface area (Å²) in [5.41, 5.74) is 0.942. The van der Waals surface area contributed by atoms with Gasteiger partial charge < -0.3 is 4.90 Å². The molecule has 0 aliphatic carbocycles. The fourth-order valence-corrected chi connectivity index (χ4v) is 2.85. The molecule has 0 saturated carbocycles. The molecule has 0 radical (unpaired) electrons. The van der Waals surface area contributed by atoms with E-state index in [4.69, 9.17) is 0 Å². The SMILES string of the molecule is CN(C)C(=O)c1cccc(S(=O)(=O)NCc2ccccn2)c1. The molecule has 0 saturated heterocycles. The molecule has 0 fully saturated rings. The van der Waals surface area contributed by atoms with Gasteiger partial charge in [0.15, 0.2) is 0 Å². The normalized spacial score (nSPS) is 11.2. The molecule has 2 rings (SSSR count). The molecule has 1 N–H and O–H groups in total. The lowest BCUT2D eigenvalue weighted by Crippen LogP contribution is -2.25. The molecule has 0 unspecified atom stereocenters. The molecule has 22 heavy (non-hydrogen) atoms. The maximum atomic E-state index is 12.3. The number of amides is 1. The van der Waals surface area contributed by atoms with Crippen LogP contribution in [0, 0.1) is 0 Å². The van der Waals surface area contributed by atoms with Gasteiger partial charge in [0.05, 0.1) is 17.1 Å². The van der Waals surface area contributed by atoms with Gasteiger partial charge in [-0.25, -0.2) is 13.1 Å². The van der Waals surface area contributed by atoms with Crippen LogP contribution in [-0.4, -0.2) is 38.3 Å². The first kappa shape index (κ1) is 16.1. The molecule has 0 aliphatic rings. The topological polar surface area (TPSA) is 79.4 Å². The fourth-order valence-electron chi connectivity index (χ4n) is 1.81. The number of benzene rings is 1. The Morgan fingerprint density at radius 2 is 1.95 bits per heavy atom. The monoisotopic (exact) mass is 319 g/mol. The summed E-state index contributed by atoms with van der Waals surface area (Å²) in [7, 11) is -0.473. The van der Waals surface area contributed by atoms with E-state index in [0.717, 1.165) is 0 Å². The Balaban J connectivity index is 2.19. The maximum Gasteiger partial charge on any atom is 0.253 e. The van der Waals surface area contributed by atoms with Gasteiger partial charge in [0, 0.05) is 25.9 Å². The van der Waals surface area contributed by atoms with Crippen molar-refractivity contribution in [2.75, 3.05) is 14.1 Å². The van der Waals surface area contributed by atoms with Gasteiger partial charge in [-0.3, -0.25) is 9.78 Å². The smallest absolute Gasteiger partial charge is 0.253 e.